The predicted molar refractivity (Wildman–Crippen MR) is 191 cm³/mol. The molecule has 5 rings (SSSR count). The lowest BCUT2D eigenvalue weighted by Gasteiger charge is -2.43. The van der Waals surface area contributed by atoms with Crippen molar-refractivity contribution >= 4 is 63.6 Å². The number of hydrogen-bond acceptors (Lipinski definition) is 9. The molecule has 2 aliphatic heterocycles. The summed E-state index contributed by atoms with van der Waals surface area (Å²) in [4.78, 5) is 30.9. The van der Waals surface area contributed by atoms with Crippen molar-refractivity contribution < 1.29 is 4.79 Å². The van der Waals surface area contributed by atoms with Gasteiger partial charge in [-0.05, 0) is 58.5 Å². The molecule has 0 radical (unpaired) electrons. The summed E-state index contributed by atoms with van der Waals surface area (Å²) in [6, 6.07) is 9.29. The molecule has 0 aliphatic carbocycles. The molecular formula is C33H44Cl3N9O. The van der Waals surface area contributed by atoms with Crippen LogP contribution >= 0.6 is 34.8 Å². The second-order valence-corrected chi connectivity index (χ2v) is 14.3. The Morgan fingerprint density at radius 3 is 2.26 bits per heavy atom. The van der Waals surface area contributed by atoms with Gasteiger partial charge in [-0.25, -0.2) is 9.97 Å². The summed E-state index contributed by atoms with van der Waals surface area (Å²) >= 11 is 20.4. The summed E-state index contributed by atoms with van der Waals surface area (Å²) in [7, 11) is 2.14. The zero-order chi connectivity index (χ0) is 33.2. The quantitative estimate of drug-likeness (QED) is 0.257. The van der Waals surface area contributed by atoms with E-state index in [-0.39, 0.29) is 28.3 Å². The molecule has 4 N–H and O–H groups in total. The Bertz CT molecular complexity index is 1530. The topological polar surface area (TPSA) is 106 Å². The number of rotatable bonds is 8. The van der Waals surface area contributed by atoms with Gasteiger partial charge < -0.3 is 26.2 Å². The fourth-order valence-corrected chi connectivity index (χ4v) is 6.85. The van der Waals surface area contributed by atoms with E-state index in [1.807, 2.05) is 25.1 Å². The molecule has 1 amide bonds. The molecule has 0 saturated carbocycles. The largest absolute Gasteiger partial charge is 0.393 e. The van der Waals surface area contributed by atoms with E-state index < -0.39 is 0 Å². The van der Waals surface area contributed by atoms with Crippen molar-refractivity contribution in [1.29, 1.82) is 0 Å². The Morgan fingerprint density at radius 1 is 0.978 bits per heavy atom. The molecule has 13 heteroatoms. The lowest BCUT2D eigenvalue weighted by atomic mass is 10.0. The smallest absolute Gasteiger partial charge is 0.251 e. The first-order valence-corrected chi connectivity index (χ1v) is 16.8. The molecule has 3 aromatic rings. The lowest BCUT2D eigenvalue weighted by Crippen LogP contribution is -2.53. The number of amides is 1. The SMILES string of the molecule is C[C@H](CN1CCN(C)CC1)NC(=O)c1ccc(-c2c(Cl)cc(N3CCN(C(C)(C)C)CC3)c(Nc3ncnc(Cl)c3N)c2Cl)cc1. The van der Waals surface area contributed by atoms with Crippen LogP contribution in [0.4, 0.5) is 22.9 Å². The number of halogens is 3. The van der Waals surface area contributed by atoms with Crippen LogP contribution in [-0.4, -0.2) is 108 Å². The molecule has 0 bridgehead atoms. The summed E-state index contributed by atoms with van der Waals surface area (Å²) in [6.45, 7) is 17.0. The van der Waals surface area contributed by atoms with E-state index in [2.05, 4.69) is 68.0 Å². The van der Waals surface area contributed by atoms with Gasteiger partial charge in [0.1, 0.15) is 12.0 Å². The van der Waals surface area contributed by atoms with Gasteiger partial charge in [0.2, 0.25) is 0 Å². The molecule has 2 aromatic carbocycles. The van der Waals surface area contributed by atoms with Gasteiger partial charge in [-0.15, -0.1) is 0 Å². The van der Waals surface area contributed by atoms with Crippen LogP contribution in [0.5, 0.6) is 0 Å². The van der Waals surface area contributed by atoms with Crippen molar-refractivity contribution in [2.45, 2.75) is 39.3 Å². The van der Waals surface area contributed by atoms with Crippen molar-refractivity contribution in [3.63, 3.8) is 0 Å². The average molecular weight is 689 g/mol. The van der Waals surface area contributed by atoms with E-state index in [4.69, 9.17) is 40.5 Å². The number of likely N-dealkylation sites (N-methyl/N-ethyl adjacent to an activating group) is 1. The van der Waals surface area contributed by atoms with Gasteiger partial charge in [0.05, 0.1) is 21.4 Å². The van der Waals surface area contributed by atoms with E-state index >= 15 is 0 Å². The van der Waals surface area contributed by atoms with E-state index in [0.717, 1.165) is 70.2 Å². The van der Waals surface area contributed by atoms with Crippen LogP contribution in [0.3, 0.4) is 0 Å². The van der Waals surface area contributed by atoms with Gasteiger partial charge in [-0.3, -0.25) is 14.6 Å². The predicted octanol–water partition coefficient (Wildman–Crippen LogP) is 5.72. The number of hydrogen-bond donors (Lipinski definition) is 3. The molecule has 3 heterocycles. The van der Waals surface area contributed by atoms with Crippen LogP contribution in [0.15, 0.2) is 36.7 Å². The number of carbonyl (C=O) groups is 1. The third-order valence-electron chi connectivity index (χ3n) is 8.79. The first kappa shape index (κ1) is 34.5. The van der Waals surface area contributed by atoms with Crippen molar-refractivity contribution in [3.05, 3.63) is 57.4 Å². The normalized spacial score (nSPS) is 17.6. The van der Waals surface area contributed by atoms with Gasteiger partial charge in [-0.2, -0.15) is 0 Å². The van der Waals surface area contributed by atoms with Crippen LogP contribution in [-0.2, 0) is 0 Å². The van der Waals surface area contributed by atoms with Crippen LogP contribution in [0.25, 0.3) is 11.1 Å². The molecule has 0 unspecified atom stereocenters. The first-order valence-electron chi connectivity index (χ1n) is 15.7. The van der Waals surface area contributed by atoms with Gasteiger partial charge in [0.15, 0.2) is 11.0 Å². The maximum atomic E-state index is 13.1. The van der Waals surface area contributed by atoms with Gasteiger partial charge >= 0.3 is 0 Å². The minimum Gasteiger partial charge on any atom is -0.393 e. The Labute approximate surface area is 287 Å². The Morgan fingerprint density at radius 2 is 1.63 bits per heavy atom. The van der Waals surface area contributed by atoms with E-state index in [1.165, 1.54) is 6.33 Å². The summed E-state index contributed by atoms with van der Waals surface area (Å²) in [5, 5.41) is 7.53. The molecule has 248 valence electrons. The van der Waals surface area contributed by atoms with Crippen LogP contribution in [0.2, 0.25) is 15.2 Å². The molecule has 10 nitrogen and oxygen atoms in total. The van der Waals surface area contributed by atoms with E-state index in [0.29, 0.717) is 32.7 Å². The van der Waals surface area contributed by atoms with Crippen LogP contribution in [0, 0.1) is 0 Å². The maximum Gasteiger partial charge on any atom is 0.251 e. The van der Waals surface area contributed by atoms with E-state index in [9.17, 15) is 4.79 Å². The average Bonchev–Trinajstić information content (AvgIpc) is 3.01. The standard InChI is InChI=1S/C33H44Cl3N9O/c1-21(19-43-12-10-42(5)11-13-43)40-32(46)23-8-6-22(7-9-23)26-24(34)18-25(44-14-16-45(17-15-44)33(2,3)4)29(27(26)35)41-31-28(37)30(36)38-20-39-31/h6-9,18,20-21H,10-17,19,37H2,1-5H3,(H,40,46)(H,38,39,41)/t21-/m1/s1. The molecule has 1 atom stereocenters. The highest BCUT2D eigenvalue weighted by Crippen LogP contribution is 2.47. The van der Waals surface area contributed by atoms with Gasteiger partial charge in [0, 0.05) is 81.6 Å². The van der Waals surface area contributed by atoms with Crippen LogP contribution in [0.1, 0.15) is 38.1 Å². The highest BCUT2D eigenvalue weighted by molar-refractivity contribution is 6.42. The molecule has 2 aliphatic rings. The molecular weight excluding hydrogens is 645 g/mol. The molecule has 46 heavy (non-hydrogen) atoms. The Balaban J connectivity index is 1.40. The third kappa shape index (κ3) is 7.98. The van der Waals surface area contributed by atoms with Crippen molar-refractivity contribution in [3.8, 4) is 11.1 Å². The Hall–Kier alpha value is -2.86. The summed E-state index contributed by atoms with van der Waals surface area (Å²) < 4.78 is 0. The summed E-state index contributed by atoms with van der Waals surface area (Å²) in [6.07, 6.45) is 1.35. The number of nitrogens with zero attached hydrogens (tertiary/aromatic N) is 6. The fourth-order valence-electron chi connectivity index (χ4n) is 6.01. The van der Waals surface area contributed by atoms with Gasteiger partial charge in [-0.1, -0.05) is 46.9 Å². The number of nitrogens with two attached hydrogens (primary N) is 1. The van der Waals surface area contributed by atoms with Crippen molar-refractivity contribution in [2.75, 3.05) is 81.9 Å². The van der Waals surface area contributed by atoms with E-state index in [1.54, 1.807) is 12.1 Å². The van der Waals surface area contributed by atoms with Gasteiger partial charge in [0.25, 0.3) is 5.91 Å². The minimum absolute atomic E-state index is 0.0219. The highest BCUT2D eigenvalue weighted by atomic mass is 35.5. The number of carbonyl (C=O) groups excluding carboxylic acids is 1. The second kappa shape index (κ2) is 14.5. The monoisotopic (exact) mass is 687 g/mol. The fraction of sp³-hybridized carbons (Fsp3) is 0.485. The zero-order valence-corrected chi connectivity index (χ0v) is 29.5. The minimum atomic E-state index is -0.117. The number of anilines is 4. The molecule has 1 aromatic heterocycles. The number of piperazine rings is 2. The number of nitrogen functional groups attached to an aromatic ring is 1. The van der Waals surface area contributed by atoms with Crippen LogP contribution < -0.4 is 21.3 Å². The molecule has 2 saturated heterocycles. The maximum absolute atomic E-state index is 13.1. The number of nitrogens with one attached hydrogen (secondary N) is 2. The molecule has 0 spiro atoms. The van der Waals surface area contributed by atoms with Crippen molar-refractivity contribution in [1.82, 2.24) is 30.0 Å². The lowest BCUT2D eigenvalue weighted by molar-refractivity contribution is 0.0914. The number of aromatic nitrogens is 2. The summed E-state index contributed by atoms with van der Waals surface area (Å²) in [5.41, 5.74) is 9.97. The first-order chi connectivity index (χ1) is 21.8. The van der Waals surface area contributed by atoms with Crippen molar-refractivity contribution in [2.24, 2.45) is 0 Å². The number of benzene rings is 2. The zero-order valence-electron chi connectivity index (χ0n) is 27.2. The Kier molecular flexibility index (Phi) is 10.9. The highest BCUT2D eigenvalue weighted by Gasteiger charge is 2.29. The second-order valence-electron chi connectivity index (χ2n) is 13.2. The third-order valence-corrected chi connectivity index (χ3v) is 9.76. The summed E-state index contributed by atoms with van der Waals surface area (Å²) in [5.74, 6) is 0.232. The molecule has 2 fully saturated rings.